The number of oxazole rings is 1. The largest absolute Gasteiger partial charge is 0.417 e. The fraction of sp³-hybridized carbons (Fsp3) is 0.462. The van der Waals surface area contributed by atoms with Crippen molar-refractivity contribution < 1.29 is 9.52 Å². The molecule has 1 aromatic carbocycles. The van der Waals surface area contributed by atoms with Crippen LogP contribution < -0.4 is 5.76 Å². The summed E-state index contributed by atoms with van der Waals surface area (Å²) < 4.78 is 4.98. The molecule has 2 N–H and O–H groups in total. The lowest BCUT2D eigenvalue weighted by molar-refractivity contribution is 0.119. The molecule has 1 aromatic heterocycles. The number of aromatic amines is 1. The van der Waals surface area contributed by atoms with Crippen LogP contribution in [0.2, 0.25) is 0 Å². The van der Waals surface area contributed by atoms with Crippen LogP contribution in [0.15, 0.2) is 27.4 Å². The minimum absolute atomic E-state index is 0.472. The van der Waals surface area contributed by atoms with E-state index < -0.39 is 11.9 Å². The number of aliphatic hydroxyl groups excluding tert-OH is 1. The molecule has 2 aromatic rings. The van der Waals surface area contributed by atoms with Crippen LogP contribution in [0.1, 0.15) is 25.5 Å². The number of nitrogens with zero attached hydrogens (tertiary/aromatic N) is 1. The van der Waals surface area contributed by atoms with Gasteiger partial charge >= 0.3 is 5.76 Å². The fourth-order valence-electron chi connectivity index (χ4n) is 2.00. The lowest BCUT2D eigenvalue weighted by atomic mass is 10.1. The number of benzene rings is 1. The maximum absolute atomic E-state index is 11.0. The van der Waals surface area contributed by atoms with Crippen molar-refractivity contribution in [2.24, 2.45) is 0 Å². The van der Waals surface area contributed by atoms with Crippen molar-refractivity contribution in [2.75, 3.05) is 19.6 Å². The van der Waals surface area contributed by atoms with Crippen LogP contribution in [-0.2, 0) is 0 Å². The molecular formula is C13H18N2O3. The van der Waals surface area contributed by atoms with Crippen molar-refractivity contribution >= 4 is 11.1 Å². The van der Waals surface area contributed by atoms with Gasteiger partial charge in [-0.2, -0.15) is 0 Å². The lowest BCUT2D eigenvalue weighted by Crippen LogP contribution is -2.28. The Morgan fingerprint density at radius 3 is 2.78 bits per heavy atom. The van der Waals surface area contributed by atoms with Crippen molar-refractivity contribution in [3.8, 4) is 0 Å². The number of hydrogen-bond donors (Lipinski definition) is 2. The van der Waals surface area contributed by atoms with E-state index in [2.05, 4.69) is 23.7 Å². The van der Waals surface area contributed by atoms with E-state index in [0.717, 1.165) is 18.7 Å². The zero-order valence-corrected chi connectivity index (χ0v) is 10.6. The molecule has 18 heavy (non-hydrogen) atoms. The molecule has 0 saturated carbocycles. The SMILES string of the molecule is CCN(CC)CC(O)c1ccc2[nH]c(=O)oc2c1. The summed E-state index contributed by atoms with van der Waals surface area (Å²) in [4.78, 5) is 15.8. The normalized spacial score (nSPS) is 13.3. The predicted molar refractivity (Wildman–Crippen MR) is 69.6 cm³/mol. The van der Waals surface area contributed by atoms with Gasteiger partial charge < -0.3 is 14.4 Å². The van der Waals surface area contributed by atoms with Gasteiger partial charge in [0, 0.05) is 6.54 Å². The second-order valence-corrected chi connectivity index (χ2v) is 4.27. The summed E-state index contributed by atoms with van der Waals surface area (Å²) >= 11 is 0. The average molecular weight is 250 g/mol. The Hall–Kier alpha value is -1.59. The van der Waals surface area contributed by atoms with Crippen LogP contribution in [0.25, 0.3) is 11.1 Å². The van der Waals surface area contributed by atoms with E-state index in [1.54, 1.807) is 12.1 Å². The van der Waals surface area contributed by atoms with E-state index in [-0.39, 0.29) is 0 Å². The van der Waals surface area contributed by atoms with Gasteiger partial charge in [0.05, 0.1) is 11.6 Å². The molecule has 98 valence electrons. The molecule has 0 radical (unpaired) electrons. The first kappa shape index (κ1) is 12.9. The quantitative estimate of drug-likeness (QED) is 0.843. The van der Waals surface area contributed by atoms with E-state index in [4.69, 9.17) is 4.42 Å². The van der Waals surface area contributed by atoms with Gasteiger partial charge in [0.1, 0.15) is 0 Å². The van der Waals surface area contributed by atoms with Crippen LogP contribution in [0.5, 0.6) is 0 Å². The summed E-state index contributed by atoms with van der Waals surface area (Å²) in [7, 11) is 0. The summed E-state index contributed by atoms with van der Waals surface area (Å²) in [5.74, 6) is -0.472. The van der Waals surface area contributed by atoms with Crippen molar-refractivity contribution in [1.82, 2.24) is 9.88 Å². The topological polar surface area (TPSA) is 69.5 Å². The third kappa shape index (κ3) is 2.63. The molecule has 2 rings (SSSR count). The van der Waals surface area contributed by atoms with E-state index >= 15 is 0 Å². The first-order valence-electron chi connectivity index (χ1n) is 6.17. The van der Waals surface area contributed by atoms with Gasteiger partial charge in [-0.15, -0.1) is 0 Å². The zero-order chi connectivity index (χ0) is 13.1. The number of fused-ring (bicyclic) bond motifs is 1. The predicted octanol–water partition coefficient (Wildman–Crippen LogP) is 1.50. The monoisotopic (exact) mass is 250 g/mol. The molecule has 0 bridgehead atoms. The minimum atomic E-state index is -0.575. The Kier molecular flexibility index (Phi) is 3.84. The van der Waals surface area contributed by atoms with Gasteiger partial charge in [0.2, 0.25) is 0 Å². The summed E-state index contributed by atoms with van der Waals surface area (Å²) in [5, 5.41) is 10.1. The van der Waals surface area contributed by atoms with E-state index in [1.807, 2.05) is 6.07 Å². The van der Waals surface area contributed by atoms with Crippen molar-refractivity contribution in [3.05, 3.63) is 34.3 Å². The third-order valence-corrected chi connectivity index (χ3v) is 3.16. The summed E-state index contributed by atoms with van der Waals surface area (Å²) in [6, 6.07) is 5.27. The Morgan fingerprint density at radius 2 is 2.11 bits per heavy atom. The van der Waals surface area contributed by atoms with Crippen LogP contribution in [0.4, 0.5) is 0 Å². The molecule has 5 heteroatoms. The highest BCUT2D eigenvalue weighted by Crippen LogP contribution is 2.19. The molecule has 0 fully saturated rings. The number of rotatable bonds is 5. The van der Waals surface area contributed by atoms with Gasteiger partial charge in [0.25, 0.3) is 0 Å². The molecule has 1 atom stereocenters. The van der Waals surface area contributed by atoms with Crippen LogP contribution >= 0.6 is 0 Å². The minimum Gasteiger partial charge on any atom is -0.408 e. The number of H-pyrrole nitrogens is 1. The molecular weight excluding hydrogens is 232 g/mol. The summed E-state index contributed by atoms with van der Waals surface area (Å²) in [6.45, 7) is 6.49. The Labute approximate surface area is 105 Å². The molecule has 0 aliphatic heterocycles. The highest BCUT2D eigenvalue weighted by Gasteiger charge is 2.13. The number of likely N-dealkylation sites (N-methyl/N-ethyl adjacent to an activating group) is 1. The highest BCUT2D eigenvalue weighted by molar-refractivity contribution is 5.72. The number of aromatic nitrogens is 1. The molecule has 0 spiro atoms. The molecule has 0 aliphatic carbocycles. The zero-order valence-electron chi connectivity index (χ0n) is 10.6. The van der Waals surface area contributed by atoms with E-state index in [9.17, 15) is 9.90 Å². The molecule has 0 aliphatic rings. The van der Waals surface area contributed by atoms with Crippen molar-refractivity contribution in [3.63, 3.8) is 0 Å². The fourth-order valence-corrected chi connectivity index (χ4v) is 2.00. The second kappa shape index (κ2) is 5.37. The molecule has 5 nitrogen and oxygen atoms in total. The van der Waals surface area contributed by atoms with Gasteiger partial charge in [-0.3, -0.25) is 4.98 Å². The van der Waals surface area contributed by atoms with Crippen molar-refractivity contribution in [2.45, 2.75) is 20.0 Å². The number of hydrogen-bond acceptors (Lipinski definition) is 4. The van der Waals surface area contributed by atoms with Gasteiger partial charge in [0.15, 0.2) is 5.58 Å². The standard InChI is InChI=1S/C13H18N2O3/c1-3-15(4-2)8-11(16)9-5-6-10-12(7-9)18-13(17)14-10/h5-7,11,16H,3-4,8H2,1-2H3,(H,14,17). The van der Waals surface area contributed by atoms with Crippen molar-refractivity contribution in [1.29, 1.82) is 0 Å². The Bertz CT molecular complexity index is 569. The molecule has 1 heterocycles. The smallest absolute Gasteiger partial charge is 0.408 e. The van der Waals surface area contributed by atoms with E-state index in [1.165, 1.54) is 0 Å². The first-order valence-corrected chi connectivity index (χ1v) is 6.17. The molecule has 0 saturated heterocycles. The second-order valence-electron chi connectivity index (χ2n) is 4.27. The average Bonchev–Trinajstić information content (AvgIpc) is 2.74. The summed E-state index contributed by atoms with van der Waals surface area (Å²) in [6.07, 6.45) is -0.575. The maximum atomic E-state index is 11.0. The maximum Gasteiger partial charge on any atom is 0.417 e. The Morgan fingerprint density at radius 1 is 1.39 bits per heavy atom. The first-order chi connectivity index (χ1) is 8.63. The highest BCUT2D eigenvalue weighted by atomic mass is 16.4. The number of nitrogens with one attached hydrogen (secondary N) is 1. The molecule has 1 unspecified atom stereocenters. The summed E-state index contributed by atoms with van der Waals surface area (Å²) in [5.41, 5.74) is 1.90. The molecule has 0 amide bonds. The van der Waals surface area contributed by atoms with Gasteiger partial charge in [-0.05, 0) is 30.8 Å². The van der Waals surface area contributed by atoms with Crippen LogP contribution in [0.3, 0.4) is 0 Å². The van der Waals surface area contributed by atoms with Crippen LogP contribution in [-0.4, -0.2) is 34.6 Å². The van der Waals surface area contributed by atoms with E-state index in [0.29, 0.717) is 17.6 Å². The van der Waals surface area contributed by atoms with Gasteiger partial charge in [-0.25, -0.2) is 4.79 Å². The third-order valence-electron chi connectivity index (χ3n) is 3.16. The number of aliphatic hydroxyl groups is 1. The lowest BCUT2D eigenvalue weighted by Gasteiger charge is -2.21. The Balaban J connectivity index is 2.21. The van der Waals surface area contributed by atoms with Gasteiger partial charge in [-0.1, -0.05) is 19.9 Å². The van der Waals surface area contributed by atoms with Crippen LogP contribution in [0, 0.1) is 0 Å².